The highest BCUT2D eigenvalue weighted by Crippen LogP contribution is 2.27. The molecule has 0 radical (unpaired) electrons. The maximum absolute atomic E-state index is 13.4. The lowest BCUT2D eigenvalue weighted by molar-refractivity contribution is 0.0628. The second-order valence-electron chi connectivity index (χ2n) is 14.9. The fraction of sp³-hybridized carbons (Fsp3) is 0.425. The third kappa shape index (κ3) is 8.61. The first kappa shape index (κ1) is 35.3. The van der Waals surface area contributed by atoms with Crippen molar-refractivity contribution in [3.63, 3.8) is 0 Å². The maximum Gasteiger partial charge on any atom is 0.324 e. The van der Waals surface area contributed by atoms with Gasteiger partial charge in [0.1, 0.15) is 5.82 Å². The number of urea groups is 1. The van der Waals surface area contributed by atoms with Crippen molar-refractivity contribution in [1.82, 2.24) is 29.4 Å². The number of nitrogens with zero attached hydrogens (tertiary/aromatic N) is 6. The van der Waals surface area contributed by atoms with Crippen molar-refractivity contribution in [3.05, 3.63) is 106 Å². The normalized spacial score (nSPS) is 16.4. The Hall–Kier alpha value is -4.51. The van der Waals surface area contributed by atoms with Crippen LogP contribution in [0.2, 0.25) is 0 Å². The molecular weight excluding hydrogens is 624 g/mol. The van der Waals surface area contributed by atoms with Gasteiger partial charge in [0.25, 0.3) is 5.91 Å². The molecule has 2 fully saturated rings. The monoisotopic (exact) mass is 676 g/mol. The number of carbonyl (C=O) groups is 2. The highest BCUT2D eigenvalue weighted by Gasteiger charge is 2.24. The van der Waals surface area contributed by atoms with Gasteiger partial charge in [-0.3, -0.25) is 19.9 Å². The summed E-state index contributed by atoms with van der Waals surface area (Å²) in [6.07, 6.45) is 0. The van der Waals surface area contributed by atoms with Gasteiger partial charge in [0.15, 0.2) is 0 Å². The van der Waals surface area contributed by atoms with Crippen LogP contribution < -0.4 is 10.6 Å². The summed E-state index contributed by atoms with van der Waals surface area (Å²) < 4.78 is 1.79. The van der Waals surface area contributed by atoms with Gasteiger partial charge in [-0.25, -0.2) is 9.48 Å². The highest BCUT2D eigenvalue weighted by atomic mass is 16.2. The van der Waals surface area contributed by atoms with Crippen LogP contribution in [0.15, 0.2) is 72.8 Å². The number of hydrogen-bond donors (Lipinski definition) is 2. The Bertz CT molecular complexity index is 1780. The molecule has 3 amide bonds. The summed E-state index contributed by atoms with van der Waals surface area (Å²) in [5.41, 5.74) is 7.71. The van der Waals surface area contributed by atoms with E-state index in [2.05, 4.69) is 71.4 Å². The van der Waals surface area contributed by atoms with Gasteiger partial charge in [0.2, 0.25) is 0 Å². The molecule has 50 heavy (non-hydrogen) atoms. The number of hydrogen-bond acceptors (Lipinski definition) is 6. The summed E-state index contributed by atoms with van der Waals surface area (Å²) in [5, 5.41) is 11.0. The van der Waals surface area contributed by atoms with E-state index < -0.39 is 0 Å². The molecule has 10 nitrogen and oxygen atoms in total. The van der Waals surface area contributed by atoms with E-state index in [1.165, 1.54) is 5.56 Å². The molecule has 2 saturated heterocycles. The number of benzene rings is 3. The van der Waals surface area contributed by atoms with Crippen molar-refractivity contribution in [3.8, 4) is 5.69 Å². The van der Waals surface area contributed by atoms with Crippen LogP contribution in [-0.4, -0.2) is 101 Å². The first-order valence-electron chi connectivity index (χ1n) is 17.8. The third-order valence-corrected chi connectivity index (χ3v) is 9.95. The average Bonchev–Trinajstić information content (AvgIpc) is 3.52. The van der Waals surface area contributed by atoms with Crippen LogP contribution in [-0.2, 0) is 18.5 Å². The Labute approximate surface area is 297 Å². The van der Waals surface area contributed by atoms with Crippen molar-refractivity contribution < 1.29 is 9.59 Å². The van der Waals surface area contributed by atoms with E-state index >= 15 is 0 Å². The van der Waals surface area contributed by atoms with Crippen LogP contribution in [0.5, 0.6) is 0 Å². The van der Waals surface area contributed by atoms with Gasteiger partial charge in [0, 0.05) is 88.2 Å². The zero-order valence-corrected chi connectivity index (χ0v) is 30.5. The van der Waals surface area contributed by atoms with Gasteiger partial charge in [-0.15, -0.1) is 0 Å². The Morgan fingerprint density at radius 2 is 1.40 bits per heavy atom. The fourth-order valence-electron chi connectivity index (χ4n) is 6.53. The minimum absolute atomic E-state index is 0.0996. The number of nitrogens with one attached hydrogen (secondary N) is 2. The number of carbonyl (C=O) groups excluding carboxylic acids is 2. The molecule has 3 heterocycles. The molecule has 2 N–H and O–H groups in total. The lowest BCUT2D eigenvalue weighted by atomic mass is 9.92. The van der Waals surface area contributed by atoms with Crippen molar-refractivity contribution in [2.45, 2.75) is 53.1 Å². The SMILES string of the molecule is Cc1ccc(-n2nc(C(C)(C)C)cc2NC(=O)Nc2cccc(CN3CCN(C(=O)c4ccc(CN5CCN(C)CC5)cc4)CC3)c2C)cc1. The maximum atomic E-state index is 13.4. The van der Waals surface area contributed by atoms with E-state index in [-0.39, 0.29) is 17.4 Å². The molecule has 0 spiro atoms. The summed E-state index contributed by atoms with van der Waals surface area (Å²) in [5.74, 6) is 0.710. The average molecular weight is 677 g/mol. The van der Waals surface area contributed by atoms with Crippen molar-refractivity contribution in [1.29, 1.82) is 0 Å². The van der Waals surface area contributed by atoms with Gasteiger partial charge >= 0.3 is 6.03 Å². The minimum Gasteiger partial charge on any atom is -0.336 e. The smallest absolute Gasteiger partial charge is 0.324 e. The van der Waals surface area contributed by atoms with Crippen molar-refractivity contribution in [2.75, 3.05) is 70.0 Å². The second-order valence-corrected chi connectivity index (χ2v) is 14.9. The van der Waals surface area contributed by atoms with Crippen LogP contribution in [0.4, 0.5) is 16.3 Å². The molecule has 0 saturated carbocycles. The van der Waals surface area contributed by atoms with Crippen LogP contribution >= 0.6 is 0 Å². The van der Waals surface area contributed by atoms with Crippen LogP contribution in [0.3, 0.4) is 0 Å². The molecule has 0 bridgehead atoms. The van der Waals surface area contributed by atoms with E-state index in [1.54, 1.807) is 4.68 Å². The first-order chi connectivity index (χ1) is 23.9. The second kappa shape index (κ2) is 15.2. The Morgan fingerprint density at radius 1 is 0.760 bits per heavy atom. The Kier molecular flexibility index (Phi) is 10.7. The molecule has 6 rings (SSSR count). The number of likely N-dealkylation sites (N-methyl/N-ethyl adjacent to an activating group) is 1. The molecule has 4 aromatic rings. The standard InChI is InChI=1S/C40H52N8O2/c1-29-10-16-34(17-11-29)48-37(26-36(43-48)40(3,4)5)42-39(50)41-35-9-7-8-33(30(35)2)28-46-22-24-47(25-23-46)38(49)32-14-12-31(13-15-32)27-45-20-18-44(6)19-21-45/h7-17,26H,18-25,27-28H2,1-6H3,(H2,41,42,50). The number of piperazine rings is 2. The highest BCUT2D eigenvalue weighted by molar-refractivity contribution is 6.00. The third-order valence-electron chi connectivity index (χ3n) is 9.95. The van der Waals surface area contributed by atoms with Gasteiger partial charge in [0.05, 0.1) is 11.4 Å². The molecule has 0 aliphatic carbocycles. The number of aromatic nitrogens is 2. The van der Waals surface area contributed by atoms with E-state index in [0.717, 1.165) is 91.7 Å². The Morgan fingerprint density at radius 3 is 2.06 bits per heavy atom. The van der Waals surface area contributed by atoms with Crippen molar-refractivity contribution >= 4 is 23.4 Å². The van der Waals surface area contributed by atoms with Crippen molar-refractivity contribution in [2.24, 2.45) is 0 Å². The number of amides is 3. The largest absolute Gasteiger partial charge is 0.336 e. The first-order valence-corrected chi connectivity index (χ1v) is 17.8. The van der Waals surface area contributed by atoms with Crippen LogP contribution in [0.1, 0.15) is 59.1 Å². The summed E-state index contributed by atoms with van der Waals surface area (Å²) in [6.45, 7) is 19.4. The zero-order valence-electron chi connectivity index (χ0n) is 30.5. The number of aryl methyl sites for hydroxylation is 1. The van der Waals surface area contributed by atoms with Crippen LogP contribution in [0.25, 0.3) is 5.69 Å². The molecule has 3 aromatic carbocycles. The molecule has 2 aliphatic heterocycles. The summed E-state index contributed by atoms with van der Waals surface area (Å²) in [7, 11) is 2.17. The van der Waals surface area contributed by atoms with E-state index in [4.69, 9.17) is 5.10 Å². The predicted molar refractivity (Wildman–Crippen MR) is 201 cm³/mol. The van der Waals surface area contributed by atoms with E-state index in [9.17, 15) is 9.59 Å². The minimum atomic E-state index is -0.321. The van der Waals surface area contributed by atoms with E-state index in [1.807, 2.05) is 73.3 Å². The quantitative estimate of drug-likeness (QED) is 0.233. The number of rotatable bonds is 8. The summed E-state index contributed by atoms with van der Waals surface area (Å²) in [6, 6.07) is 23.9. The molecule has 264 valence electrons. The predicted octanol–water partition coefficient (Wildman–Crippen LogP) is 6.14. The molecule has 1 aromatic heterocycles. The molecule has 10 heteroatoms. The topological polar surface area (TPSA) is 89.0 Å². The summed E-state index contributed by atoms with van der Waals surface area (Å²) >= 11 is 0. The van der Waals surface area contributed by atoms with Crippen LogP contribution in [0, 0.1) is 13.8 Å². The Balaban J connectivity index is 1.03. The molecular formula is C40H52N8O2. The van der Waals surface area contributed by atoms with Gasteiger partial charge in [-0.05, 0) is 67.9 Å². The van der Waals surface area contributed by atoms with Gasteiger partial charge in [-0.2, -0.15) is 5.10 Å². The lowest BCUT2D eigenvalue weighted by Gasteiger charge is -2.35. The molecule has 0 unspecified atom stereocenters. The molecule has 2 aliphatic rings. The lowest BCUT2D eigenvalue weighted by Crippen LogP contribution is -2.48. The fourth-order valence-corrected chi connectivity index (χ4v) is 6.53. The number of anilines is 2. The zero-order chi connectivity index (χ0) is 35.4. The van der Waals surface area contributed by atoms with Gasteiger partial charge < -0.3 is 15.1 Å². The summed E-state index contributed by atoms with van der Waals surface area (Å²) in [4.78, 5) is 35.9. The van der Waals surface area contributed by atoms with Gasteiger partial charge in [-0.1, -0.05) is 62.7 Å². The molecule has 0 atom stereocenters. The van der Waals surface area contributed by atoms with E-state index in [0.29, 0.717) is 18.9 Å².